The van der Waals surface area contributed by atoms with E-state index in [2.05, 4.69) is 28.2 Å². The summed E-state index contributed by atoms with van der Waals surface area (Å²) in [6.07, 6.45) is 5.24. The predicted octanol–water partition coefficient (Wildman–Crippen LogP) is 5.93. The van der Waals surface area contributed by atoms with Crippen LogP contribution in [-0.4, -0.2) is 64.6 Å². The number of esters is 1. The van der Waals surface area contributed by atoms with Crippen molar-refractivity contribution in [2.45, 2.75) is 59.3 Å². The second kappa shape index (κ2) is 13.6. The zero-order valence-corrected chi connectivity index (χ0v) is 25.8. The van der Waals surface area contributed by atoms with E-state index >= 15 is 0 Å². The Morgan fingerprint density at radius 2 is 1.93 bits per heavy atom. The molecular weight excluding hydrogens is 556 g/mol. The number of benzene rings is 2. The summed E-state index contributed by atoms with van der Waals surface area (Å²) in [6, 6.07) is 18.5. The van der Waals surface area contributed by atoms with Gasteiger partial charge in [-0.15, -0.1) is 0 Å². The van der Waals surface area contributed by atoms with Gasteiger partial charge in [-0.3, -0.25) is 4.90 Å². The summed E-state index contributed by atoms with van der Waals surface area (Å²) in [7, 11) is 0. The fourth-order valence-corrected chi connectivity index (χ4v) is 6.00. The van der Waals surface area contributed by atoms with E-state index in [-0.39, 0.29) is 12.2 Å². The number of aryl methyl sites for hydroxylation is 1. The Morgan fingerprint density at radius 3 is 2.75 bits per heavy atom. The number of rotatable bonds is 11. The van der Waals surface area contributed by atoms with E-state index in [9.17, 15) is 4.79 Å². The molecule has 1 fully saturated rings. The topological polar surface area (TPSA) is 87.9 Å². The summed E-state index contributed by atoms with van der Waals surface area (Å²) in [5.41, 5.74) is 6.85. The molecule has 2 aromatic heterocycles. The van der Waals surface area contributed by atoms with Crippen LogP contribution in [0, 0.1) is 6.92 Å². The van der Waals surface area contributed by atoms with Crippen molar-refractivity contribution < 1.29 is 23.7 Å². The number of hydrogen-bond donors (Lipinski definition) is 0. The van der Waals surface area contributed by atoms with E-state index in [1.807, 2.05) is 50.2 Å². The molecule has 2 aliphatic heterocycles. The molecule has 0 saturated carbocycles. The Labute approximate surface area is 258 Å². The van der Waals surface area contributed by atoms with Gasteiger partial charge in [0.2, 0.25) is 5.88 Å². The first-order valence-corrected chi connectivity index (χ1v) is 15.6. The van der Waals surface area contributed by atoms with Gasteiger partial charge in [0.25, 0.3) is 0 Å². The van der Waals surface area contributed by atoms with Crippen molar-refractivity contribution >= 4 is 5.97 Å². The highest BCUT2D eigenvalue weighted by Crippen LogP contribution is 2.34. The predicted molar refractivity (Wildman–Crippen MR) is 167 cm³/mol. The van der Waals surface area contributed by atoms with E-state index in [1.165, 1.54) is 34.8 Å². The number of pyridine rings is 1. The van der Waals surface area contributed by atoms with Crippen LogP contribution in [0.15, 0.2) is 60.8 Å². The number of carbonyl (C=O) groups is 1. The Morgan fingerprint density at radius 1 is 1.05 bits per heavy atom. The average molecular weight is 597 g/mol. The van der Waals surface area contributed by atoms with Gasteiger partial charge in [-0.2, -0.15) is 9.78 Å². The minimum absolute atomic E-state index is 0.264. The van der Waals surface area contributed by atoms with Crippen LogP contribution in [0.3, 0.4) is 0 Å². The Hall–Kier alpha value is -4.21. The first kappa shape index (κ1) is 29.8. The average Bonchev–Trinajstić information content (AvgIpc) is 3.71. The van der Waals surface area contributed by atoms with Crippen LogP contribution in [0.5, 0.6) is 11.6 Å². The fraction of sp³-hybridized carbons (Fsp3) is 0.400. The SMILES string of the molecule is CCOC(=O)c1cnn(-c2cccc(-c3cccc(C)c3OCc3ccc4c(c3)CCN(CC3CCCO3)C4)n2)c1OCC. The van der Waals surface area contributed by atoms with Gasteiger partial charge in [-0.25, -0.2) is 9.78 Å². The molecule has 0 aliphatic carbocycles. The molecule has 2 aromatic carbocycles. The van der Waals surface area contributed by atoms with E-state index in [1.54, 1.807) is 6.92 Å². The molecule has 230 valence electrons. The fourth-order valence-electron chi connectivity index (χ4n) is 6.00. The molecule has 0 amide bonds. The highest BCUT2D eigenvalue weighted by atomic mass is 16.5. The molecule has 9 heteroatoms. The van der Waals surface area contributed by atoms with Crippen LogP contribution < -0.4 is 9.47 Å². The molecule has 1 atom stereocenters. The number of carbonyl (C=O) groups excluding carboxylic acids is 1. The van der Waals surface area contributed by atoms with Crippen molar-refractivity contribution in [2.75, 3.05) is 32.9 Å². The molecule has 44 heavy (non-hydrogen) atoms. The Kier molecular flexibility index (Phi) is 9.23. The lowest BCUT2D eigenvalue weighted by molar-refractivity contribution is 0.0521. The highest BCUT2D eigenvalue weighted by Gasteiger charge is 2.24. The summed E-state index contributed by atoms with van der Waals surface area (Å²) < 4.78 is 24.9. The molecule has 0 N–H and O–H groups in total. The first-order chi connectivity index (χ1) is 21.5. The van der Waals surface area contributed by atoms with E-state index < -0.39 is 5.97 Å². The normalized spacial score (nSPS) is 16.5. The summed E-state index contributed by atoms with van der Waals surface area (Å²) in [6.45, 7) is 10.7. The standard InChI is InChI=1S/C35H40N4O5/c1-4-41-34-30(35(40)42-5-2)20-36-39(34)32-13-7-12-31(37-32)29-11-6-9-24(3)33(29)44-23-25-14-15-27-21-38(17-16-26(27)19-25)22-28-10-8-18-43-28/h6-7,9,11-15,19-20,28H,4-5,8,10,16-18,21-23H2,1-3H3. The lowest BCUT2D eigenvalue weighted by atomic mass is 9.97. The second-order valence-corrected chi connectivity index (χ2v) is 11.3. The maximum Gasteiger partial charge on any atom is 0.345 e. The number of nitrogens with zero attached hydrogens (tertiary/aromatic N) is 4. The van der Waals surface area contributed by atoms with E-state index in [0.717, 1.165) is 60.8 Å². The summed E-state index contributed by atoms with van der Waals surface area (Å²) in [4.78, 5) is 19.9. The minimum atomic E-state index is -0.481. The van der Waals surface area contributed by atoms with Crippen LogP contribution in [0.25, 0.3) is 17.1 Å². The van der Waals surface area contributed by atoms with Crippen molar-refractivity contribution in [2.24, 2.45) is 0 Å². The number of fused-ring (bicyclic) bond motifs is 1. The molecule has 0 bridgehead atoms. The second-order valence-electron chi connectivity index (χ2n) is 11.3. The van der Waals surface area contributed by atoms with Crippen molar-refractivity contribution in [3.8, 4) is 28.7 Å². The monoisotopic (exact) mass is 596 g/mol. The molecule has 0 radical (unpaired) electrons. The quantitative estimate of drug-likeness (QED) is 0.197. The maximum absolute atomic E-state index is 12.5. The minimum Gasteiger partial charge on any atom is -0.488 e. The molecule has 4 aromatic rings. The first-order valence-electron chi connectivity index (χ1n) is 15.6. The zero-order chi connectivity index (χ0) is 30.5. The summed E-state index contributed by atoms with van der Waals surface area (Å²) in [5, 5.41) is 4.41. The molecule has 2 aliphatic rings. The van der Waals surface area contributed by atoms with Gasteiger partial charge in [0, 0.05) is 31.8 Å². The van der Waals surface area contributed by atoms with Gasteiger partial charge >= 0.3 is 5.97 Å². The third kappa shape index (κ3) is 6.49. The molecule has 1 saturated heterocycles. The molecule has 6 rings (SSSR count). The van der Waals surface area contributed by atoms with Crippen LogP contribution >= 0.6 is 0 Å². The number of ether oxygens (including phenoxy) is 4. The van der Waals surface area contributed by atoms with Crippen molar-refractivity contribution in [3.63, 3.8) is 0 Å². The van der Waals surface area contributed by atoms with Crippen molar-refractivity contribution in [1.29, 1.82) is 0 Å². The van der Waals surface area contributed by atoms with E-state index in [0.29, 0.717) is 31.0 Å². The van der Waals surface area contributed by atoms with Gasteiger partial charge in [-0.1, -0.05) is 36.4 Å². The van der Waals surface area contributed by atoms with Gasteiger partial charge < -0.3 is 18.9 Å². The van der Waals surface area contributed by atoms with Gasteiger partial charge in [0.05, 0.1) is 31.2 Å². The van der Waals surface area contributed by atoms with Gasteiger partial charge in [-0.05, 0) is 80.5 Å². The highest BCUT2D eigenvalue weighted by molar-refractivity contribution is 5.92. The van der Waals surface area contributed by atoms with Crippen LogP contribution in [0.1, 0.15) is 59.3 Å². The Bertz CT molecular complexity index is 1610. The smallest absolute Gasteiger partial charge is 0.345 e. The molecule has 4 heterocycles. The van der Waals surface area contributed by atoms with Crippen LogP contribution in [0.2, 0.25) is 0 Å². The van der Waals surface area contributed by atoms with Crippen molar-refractivity contribution in [1.82, 2.24) is 19.7 Å². The Balaban J connectivity index is 1.20. The third-order valence-corrected chi connectivity index (χ3v) is 8.17. The van der Waals surface area contributed by atoms with Gasteiger partial charge in [0.1, 0.15) is 17.9 Å². The third-order valence-electron chi connectivity index (χ3n) is 8.17. The lowest BCUT2D eigenvalue weighted by Crippen LogP contribution is -2.36. The molecule has 1 unspecified atom stereocenters. The van der Waals surface area contributed by atoms with Crippen LogP contribution in [-0.2, 0) is 29.0 Å². The lowest BCUT2D eigenvalue weighted by Gasteiger charge is -2.30. The summed E-state index contributed by atoms with van der Waals surface area (Å²) >= 11 is 0. The molecular formula is C35H40N4O5. The van der Waals surface area contributed by atoms with Crippen molar-refractivity contribution in [3.05, 3.63) is 88.6 Å². The van der Waals surface area contributed by atoms with Crippen LogP contribution in [0.4, 0.5) is 0 Å². The number of hydrogen-bond acceptors (Lipinski definition) is 8. The molecule has 9 nitrogen and oxygen atoms in total. The van der Waals surface area contributed by atoms with E-state index in [4.69, 9.17) is 23.9 Å². The summed E-state index contributed by atoms with van der Waals surface area (Å²) in [5.74, 6) is 1.14. The number of aromatic nitrogens is 3. The van der Waals surface area contributed by atoms with Gasteiger partial charge in [0.15, 0.2) is 5.82 Å². The molecule has 0 spiro atoms. The largest absolute Gasteiger partial charge is 0.488 e. The number of para-hydroxylation sites is 1. The zero-order valence-electron chi connectivity index (χ0n) is 25.8. The maximum atomic E-state index is 12.5.